The first-order valence-corrected chi connectivity index (χ1v) is 7.57. The van der Waals surface area contributed by atoms with Gasteiger partial charge in [-0.1, -0.05) is 6.92 Å². The monoisotopic (exact) mass is 313 g/mol. The Morgan fingerprint density at radius 2 is 2.29 bits per heavy atom. The molecule has 1 saturated heterocycles. The minimum Gasteiger partial charge on any atom is -0.480 e. The summed E-state index contributed by atoms with van der Waals surface area (Å²) in [5, 5.41) is 20.0. The fourth-order valence-corrected chi connectivity index (χ4v) is 3.34. The van der Waals surface area contributed by atoms with Crippen molar-refractivity contribution in [1.82, 2.24) is 9.47 Å². The van der Waals surface area contributed by atoms with Crippen LogP contribution in [-0.2, 0) is 11.3 Å². The lowest BCUT2D eigenvalue weighted by molar-refractivity contribution is -0.384. The molecule has 1 N–H and O–H groups in total. The topological polar surface area (TPSA) is 106 Å². The number of hydrogen-bond donors (Lipinski definition) is 1. The van der Waals surface area contributed by atoms with E-state index in [-0.39, 0.29) is 17.3 Å². The van der Waals surface area contributed by atoms with Crippen molar-refractivity contribution in [2.24, 2.45) is 0 Å². The van der Waals surface area contributed by atoms with Crippen molar-refractivity contribution >= 4 is 29.3 Å². The lowest BCUT2D eigenvalue weighted by Gasteiger charge is -2.21. The molecule has 114 valence electrons. The number of rotatable bonds is 5. The van der Waals surface area contributed by atoms with Gasteiger partial charge in [0, 0.05) is 18.4 Å². The van der Waals surface area contributed by atoms with Crippen molar-refractivity contribution in [1.29, 1.82) is 0 Å². The van der Waals surface area contributed by atoms with Gasteiger partial charge in [-0.05, 0) is 6.42 Å². The van der Waals surface area contributed by atoms with Gasteiger partial charge in [-0.2, -0.15) is 0 Å². The SMILES string of the molecule is CCCn1cc([N+](=O)[O-])cc1C(=O)N1CSCC1C(=O)O. The van der Waals surface area contributed by atoms with Crippen LogP contribution in [0.5, 0.6) is 0 Å². The fourth-order valence-electron chi connectivity index (χ4n) is 2.19. The molecule has 1 aliphatic heterocycles. The summed E-state index contributed by atoms with van der Waals surface area (Å²) in [6.07, 6.45) is 2.03. The van der Waals surface area contributed by atoms with Crippen LogP contribution in [0, 0.1) is 10.1 Å². The van der Waals surface area contributed by atoms with E-state index in [0.717, 1.165) is 0 Å². The van der Waals surface area contributed by atoms with Crippen LogP contribution in [-0.4, -0.2) is 49.0 Å². The summed E-state index contributed by atoms with van der Waals surface area (Å²) in [6, 6.07) is 0.325. The number of amides is 1. The predicted molar refractivity (Wildman–Crippen MR) is 76.3 cm³/mol. The second-order valence-electron chi connectivity index (χ2n) is 4.66. The van der Waals surface area contributed by atoms with Crippen LogP contribution in [0.4, 0.5) is 5.69 Å². The van der Waals surface area contributed by atoms with Gasteiger partial charge < -0.3 is 14.6 Å². The van der Waals surface area contributed by atoms with E-state index in [1.165, 1.54) is 33.5 Å². The second-order valence-corrected chi connectivity index (χ2v) is 5.66. The van der Waals surface area contributed by atoms with E-state index in [9.17, 15) is 19.7 Å². The summed E-state index contributed by atoms with van der Waals surface area (Å²) in [7, 11) is 0. The number of aryl methyl sites for hydroxylation is 1. The number of carboxylic acids is 1. The maximum Gasteiger partial charge on any atom is 0.327 e. The summed E-state index contributed by atoms with van der Waals surface area (Å²) < 4.78 is 1.52. The number of aromatic nitrogens is 1. The Bertz CT molecular complexity index is 585. The Hall–Kier alpha value is -2.03. The molecule has 1 aromatic heterocycles. The molecular formula is C12H15N3O5S. The van der Waals surface area contributed by atoms with Crippen LogP contribution in [0.3, 0.4) is 0 Å². The number of thioether (sulfide) groups is 1. The molecule has 0 radical (unpaired) electrons. The Labute approximate surface area is 124 Å². The summed E-state index contributed by atoms with van der Waals surface area (Å²) in [5.41, 5.74) is 0.00262. The van der Waals surface area contributed by atoms with Crippen LogP contribution >= 0.6 is 11.8 Å². The van der Waals surface area contributed by atoms with Crippen molar-refractivity contribution in [3.05, 3.63) is 28.1 Å². The summed E-state index contributed by atoms with van der Waals surface area (Å²) >= 11 is 1.36. The van der Waals surface area contributed by atoms with E-state index in [2.05, 4.69) is 0 Å². The zero-order chi connectivity index (χ0) is 15.6. The minimum atomic E-state index is -1.06. The normalized spacial score (nSPS) is 18.0. The highest BCUT2D eigenvalue weighted by atomic mass is 32.2. The molecule has 9 heteroatoms. The highest BCUT2D eigenvalue weighted by Gasteiger charge is 2.36. The standard InChI is InChI=1S/C12H15N3O5S/c1-2-3-13-5-8(15(19)20)4-9(13)11(16)14-7-21-6-10(14)12(17)18/h4-5,10H,2-3,6-7H2,1H3,(H,17,18). The molecule has 1 amide bonds. The molecule has 0 aromatic carbocycles. The lowest BCUT2D eigenvalue weighted by Crippen LogP contribution is -2.42. The Balaban J connectivity index is 2.33. The van der Waals surface area contributed by atoms with E-state index in [1.54, 1.807) is 0 Å². The van der Waals surface area contributed by atoms with Crippen LogP contribution in [0.25, 0.3) is 0 Å². The fraction of sp³-hybridized carbons (Fsp3) is 0.500. The summed E-state index contributed by atoms with van der Waals surface area (Å²) in [6.45, 7) is 2.36. The van der Waals surface area contributed by atoms with E-state index < -0.39 is 22.8 Å². The zero-order valence-corrected chi connectivity index (χ0v) is 12.2. The van der Waals surface area contributed by atoms with Gasteiger partial charge in [-0.3, -0.25) is 14.9 Å². The van der Waals surface area contributed by atoms with E-state index >= 15 is 0 Å². The molecule has 0 spiro atoms. The zero-order valence-electron chi connectivity index (χ0n) is 11.4. The third kappa shape index (κ3) is 3.02. The molecule has 21 heavy (non-hydrogen) atoms. The number of hydrogen-bond acceptors (Lipinski definition) is 5. The lowest BCUT2D eigenvalue weighted by atomic mass is 10.2. The van der Waals surface area contributed by atoms with Gasteiger partial charge in [0.1, 0.15) is 11.7 Å². The predicted octanol–water partition coefficient (Wildman–Crippen LogP) is 1.41. The smallest absolute Gasteiger partial charge is 0.327 e. The first kappa shape index (κ1) is 15.4. The third-order valence-electron chi connectivity index (χ3n) is 3.20. The molecule has 0 aliphatic carbocycles. The number of carbonyl (C=O) groups is 2. The van der Waals surface area contributed by atoms with Crippen LogP contribution in [0.2, 0.25) is 0 Å². The number of nitro groups is 1. The van der Waals surface area contributed by atoms with Crippen molar-refractivity contribution < 1.29 is 19.6 Å². The molecule has 0 saturated carbocycles. The highest BCUT2D eigenvalue weighted by molar-refractivity contribution is 7.99. The van der Waals surface area contributed by atoms with Crippen LogP contribution in [0.1, 0.15) is 23.8 Å². The van der Waals surface area contributed by atoms with Crippen molar-refractivity contribution in [3.8, 4) is 0 Å². The minimum absolute atomic E-state index is 0.162. The molecule has 2 heterocycles. The summed E-state index contributed by atoms with van der Waals surface area (Å²) in [5.74, 6) is -0.927. The van der Waals surface area contributed by atoms with Crippen LogP contribution in [0.15, 0.2) is 12.3 Å². The second kappa shape index (κ2) is 6.17. The first-order chi connectivity index (χ1) is 9.95. The molecule has 1 aromatic rings. The molecule has 1 aliphatic rings. The highest BCUT2D eigenvalue weighted by Crippen LogP contribution is 2.25. The number of carbonyl (C=O) groups excluding carboxylic acids is 1. The Kier molecular flexibility index (Phi) is 4.51. The van der Waals surface area contributed by atoms with Gasteiger partial charge in [0.25, 0.3) is 11.6 Å². The maximum atomic E-state index is 12.5. The van der Waals surface area contributed by atoms with Crippen LogP contribution < -0.4 is 0 Å². The van der Waals surface area contributed by atoms with Crippen molar-refractivity contribution in [3.63, 3.8) is 0 Å². The Morgan fingerprint density at radius 1 is 1.57 bits per heavy atom. The van der Waals surface area contributed by atoms with Gasteiger partial charge >= 0.3 is 5.97 Å². The van der Waals surface area contributed by atoms with Gasteiger partial charge in [-0.25, -0.2) is 4.79 Å². The average Bonchev–Trinajstić information content (AvgIpc) is 3.04. The summed E-state index contributed by atoms with van der Waals surface area (Å²) in [4.78, 5) is 35.2. The molecule has 1 unspecified atom stereocenters. The maximum absolute atomic E-state index is 12.5. The number of aliphatic carboxylic acids is 1. The quantitative estimate of drug-likeness (QED) is 0.650. The molecular weight excluding hydrogens is 298 g/mol. The van der Waals surface area contributed by atoms with Gasteiger partial charge in [0.15, 0.2) is 0 Å². The van der Waals surface area contributed by atoms with Gasteiger partial charge in [0.2, 0.25) is 0 Å². The van der Waals surface area contributed by atoms with E-state index in [1.807, 2.05) is 6.92 Å². The Morgan fingerprint density at radius 3 is 2.86 bits per heavy atom. The third-order valence-corrected chi connectivity index (χ3v) is 4.22. The van der Waals surface area contributed by atoms with Crippen molar-refractivity contribution in [2.45, 2.75) is 25.9 Å². The van der Waals surface area contributed by atoms with Gasteiger partial charge in [-0.15, -0.1) is 11.8 Å². The molecule has 8 nitrogen and oxygen atoms in total. The number of carboxylic acid groups (broad SMARTS) is 1. The van der Waals surface area contributed by atoms with Gasteiger partial charge in [0.05, 0.1) is 17.0 Å². The van der Waals surface area contributed by atoms with Crippen molar-refractivity contribution in [2.75, 3.05) is 11.6 Å². The number of nitrogens with zero attached hydrogens (tertiary/aromatic N) is 3. The molecule has 2 rings (SSSR count). The average molecular weight is 313 g/mol. The molecule has 1 fully saturated rings. The first-order valence-electron chi connectivity index (χ1n) is 6.41. The van der Waals surface area contributed by atoms with E-state index in [4.69, 9.17) is 5.11 Å². The molecule has 0 bridgehead atoms. The molecule has 1 atom stereocenters. The van der Waals surface area contributed by atoms with E-state index in [0.29, 0.717) is 18.7 Å². The largest absolute Gasteiger partial charge is 0.480 e.